The van der Waals surface area contributed by atoms with Crippen LogP contribution in [0.25, 0.3) is 0 Å². The topological polar surface area (TPSA) is 38.0 Å². The van der Waals surface area contributed by atoms with E-state index in [2.05, 4.69) is 5.43 Å². The van der Waals surface area contributed by atoms with Crippen molar-refractivity contribution in [1.82, 2.24) is 5.43 Å². The van der Waals surface area contributed by atoms with E-state index in [1.54, 1.807) is 6.07 Å². The van der Waals surface area contributed by atoms with Crippen LogP contribution in [0.1, 0.15) is 28.3 Å². The number of benzene rings is 2. The molecule has 0 saturated carbocycles. The molecule has 2 aromatic rings. The summed E-state index contributed by atoms with van der Waals surface area (Å²) >= 11 is 0. The van der Waals surface area contributed by atoms with Crippen LogP contribution in [0.15, 0.2) is 36.4 Å². The molecule has 0 bridgehead atoms. The van der Waals surface area contributed by atoms with Gasteiger partial charge in [0.15, 0.2) is 11.6 Å². The van der Waals surface area contributed by atoms with Gasteiger partial charge in [-0.05, 0) is 43.0 Å². The van der Waals surface area contributed by atoms with Crippen molar-refractivity contribution in [3.05, 3.63) is 70.3 Å². The minimum absolute atomic E-state index is 0.258. The molecular formula is C16H18F2N2. The van der Waals surface area contributed by atoms with Crippen LogP contribution in [0.5, 0.6) is 0 Å². The minimum atomic E-state index is -0.834. The number of hydrogen-bond donors (Lipinski definition) is 2. The number of rotatable bonds is 4. The number of hydrogen-bond acceptors (Lipinski definition) is 2. The molecule has 2 rings (SSSR count). The van der Waals surface area contributed by atoms with E-state index in [1.165, 1.54) is 6.07 Å². The second-order valence-electron chi connectivity index (χ2n) is 5.00. The summed E-state index contributed by atoms with van der Waals surface area (Å²) in [5.41, 5.74) is 6.21. The van der Waals surface area contributed by atoms with Crippen LogP contribution < -0.4 is 11.3 Å². The molecular weight excluding hydrogens is 258 g/mol. The maximum absolute atomic E-state index is 13.7. The number of aryl methyl sites for hydroxylation is 2. The van der Waals surface area contributed by atoms with E-state index in [0.717, 1.165) is 22.8 Å². The van der Waals surface area contributed by atoms with Crippen LogP contribution in [-0.2, 0) is 6.42 Å². The van der Waals surface area contributed by atoms with Gasteiger partial charge < -0.3 is 0 Å². The molecule has 0 aliphatic rings. The second-order valence-corrected chi connectivity index (χ2v) is 5.00. The number of nitrogens with one attached hydrogen (secondary N) is 1. The minimum Gasteiger partial charge on any atom is -0.271 e. The lowest BCUT2D eigenvalue weighted by molar-refractivity contribution is 0.480. The number of halogens is 2. The van der Waals surface area contributed by atoms with Crippen LogP contribution in [0.4, 0.5) is 8.78 Å². The van der Waals surface area contributed by atoms with E-state index >= 15 is 0 Å². The number of nitrogens with two attached hydrogens (primary N) is 1. The van der Waals surface area contributed by atoms with Gasteiger partial charge in [-0.2, -0.15) is 0 Å². The van der Waals surface area contributed by atoms with Crippen molar-refractivity contribution in [2.45, 2.75) is 26.3 Å². The maximum Gasteiger partial charge on any atom is 0.162 e. The van der Waals surface area contributed by atoms with Gasteiger partial charge in [0.25, 0.3) is 0 Å². The molecule has 0 amide bonds. The Balaban J connectivity index is 2.31. The van der Waals surface area contributed by atoms with Gasteiger partial charge in [-0.25, -0.2) is 8.78 Å². The highest BCUT2D eigenvalue weighted by atomic mass is 19.2. The Morgan fingerprint density at radius 2 is 1.90 bits per heavy atom. The zero-order valence-corrected chi connectivity index (χ0v) is 11.6. The molecule has 0 aromatic heterocycles. The quantitative estimate of drug-likeness (QED) is 0.664. The fraction of sp³-hybridized carbons (Fsp3) is 0.250. The normalized spacial score (nSPS) is 12.4. The number of hydrazine groups is 1. The first kappa shape index (κ1) is 14.6. The molecule has 1 atom stereocenters. The van der Waals surface area contributed by atoms with Gasteiger partial charge in [0, 0.05) is 0 Å². The van der Waals surface area contributed by atoms with Crippen LogP contribution in [0.3, 0.4) is 0 Å². The fourth-order valence-electron chi connectivity index (χ4n) is 2.40. The van der Waals surface area contributed by atoms with E-state index in [4.69, 9.17) is 5.84 Å². The summed E-state index contributed by atoms with van der Waals surface area (Å²) in [4.78, 5) is 0. The van der Waals surface area contributed by atoms with Crippen LogP contribution in [0.2, 0.25) is 0 Å². The Morgan fingerprint density at radius 1 is 1.15 bits per heavy atom. The lowest BCUT2D eigenvalue weighted by Gasteiger charge is -2.19. The summed E-state index contributed by atoms with van der Waals surface area (Å²) in [5.74, 6) is 3.94. The fourth-order valence-corrected chi connectivity index (χ4v) is 2.40. The highest BCUT2D eigenvalue weighted by Crippen LogP contribution is 2.24. The smallest absolute Gasteiger partial charge is 0.162 e. The van der Waals surface area contributed by atoms with Gasteiger partial charge >= 0.3 is 0 Å². The van der Waals surface area contributed by atoms with Crippen LogP contribution in [0, 0.1) is 25.5 Å². The largest absolute Gasteiger partial charge is 0.271 e. The van der Waals surface area contributed by atoms with E-state index in [-0.39, 0.29) is 6.04 Å². The first-order valence-electron chi connectivity index (χ1n) is 6.49. The van der Waals surface area contributed by atoms with Crippen LogP contribution >= 0.6 is 0 Å². The molecule has 1 unspecified atom stereocenters. The van der Waals surface area contributed by atoms with Crippen molar-refractivity contribution >= 4 is 0 Å². The maximum atomic E-state index is 13.7. The van der Waals surface area contributed by atoms with Gasteiger partial charge in [0.05, 0.1) is 6.04 Å². The molecule has 0 spiro atoms. The van der Waals surface area contributed by atoms with Crippen molar-refractivity contribution in [2.75, 3.05) is 0 Å². The van der Waals surface area contributed by atoms with Crippen molar-refractivity contribution in [3.63, 3.8) is 0 Å². The lowest BCUT2D eigenvalue weighted by atomic mass is 9.94. The summed E-state index contributed by atoms with van der Waals surface area (Å²) in [6.07, 6.45) is 0.296. The van der Waals surface area contributed by atoms with Crippen molar-refractivity contribution in [1.29, 1.82) is 0 Å². The predicted molar refractivity (Wildman–Crippen MR) is 76.0 cm³/mol. The van der Waals surface area contributed by atoms with E-state index in [0.29, 0.717) is 12.0 Å². The first-order valence-corrected chi connectivity index (χ1v) is 6.49. The molecule has 0 radical (unpaired) electrons. The van der Waals surface area contributed by atoms with Gasteiger partial charge in [0.2, 0.25) is 0 Å². The van der Waals surface area contributed by atoms with Gasteiger partial charge in [-0.1, -0.05) is 35.9 Å². The van der Waals surface area contributed by atoms with Crippen molar-refractivity contribution < 1.29 is 8.78 Å². The highest BCUT2D eigenvalue weighted by molar-refractivity contribution is 5.34. The average molecular weight is 276 g/mol. The molecule has 20 heavy (non-hydrogen) atoms. The molecule has 0 aliphatic carbocycles. The average Bonchev–Trinajstić information content (AvgIpc) is 2.41. The third-order valence-corrected chi connectivity index (χ3v) is 3.46. The Kier molecular flexibility index (Phi) is 4.47. The lowest BCUT2D eigenvalue weighted by Crippen LogP contribution is -2.30. The van der Waals surface area contributed by atoms with Crippen molar-refractivity contribution in [3.8, 4) is 0 Å². The van der Waals surface area contributed by atoms with Crippen LogP contribution in [-0.4, -0.2) is 0 Å². The van der Waals surface area contributed by atoms with E-state index in [1.807, 2.05) is 32.0 Å². The molecule has 3 N–H and O–H groups in total. The summed E-state index contributed by atoms with van der Waals surface area (Å²) in [7, 11) is 0. The molecule has 0 aliphatic heterocycles. The van der Waals surface area contributed by atoms with Gasteiger partial charge in [0.1, 0.15) is 0 Å². The zero-order valence-electron chi connectivity index (χ0n) is 11.6. The SMILES string of the molecule is Cc1ccc(C(Cc2cccc(F)c2F)NN)c(C)c1. The van der Waals surface area contributed by atoms with E-state index < -0.39 is 11.6 Å². The summed E-state index contributed by atoms with van der Waals surface area (Å²) < 4.78 is 27.0. The standard InChI is InChI=1S/C16H18F2N2/c1-10-6-7-13(11(2)8-10)15(20-19)9-12-4-3-5-14(17)16(12)18/h3-8,15,20H,9,19H2,1-2H3. The molecule has 0 heterocycles. The molecule has 0 saturated heterocycles. The summed E-state index contributed by atoms with van der Waals surface area (Å²) in [6.45, 7) is 3.99. The Morgan fingerprint density at radius 3 is 2.55 bits per heavy atom. The molecule has 0 fully saturated rings. The highest BCUT2D eigenvalue weighted by Gasteiger charge is 2.16. The summed E-state index contributed by atoms with van der Waals surface area (Å²) in [6, 6.07) is 9.92. The monoisotopic (exact) mass is 276 g/mol. The molecule has 2 nitrogen and oxygen atoms in total. The zero-order chi connectivity index (χ0) is 14.7. The Labute approximate surface area is 117 Å². The first-order chi connectivity index (χ1) is 9.52. The van der Waals surface area contributed by atoms with E-state index in [9.17, 15) is 8.78 Å². The molecule has 106 valence electrons. The third kappa shape index (κ3) is 3.03. The molecule has 2 aromatic carbocycles. The summed E-state index contributed by atoms with van der Waals surface area (Å²) in [5, 5.41) is 0. The van der Waals surface area contributed by atoms with Gasteiger partial charge in [-0.15, -0.1) is 0 Å². The molecule has 4 heteroatoms. The Bertz CT molecular complexity index is 611. The Hall–Kier alpha value is -1.78. The second kappa shape index (κ2) is 6.11. The third-order valence-electron chi connectivity index (χ3n) is 3.46. The predicted octanol–water partition coefficient (Wildman–Crippen LogP) is 3.33. The van der Waals surface area contributed by atoms with Crippen molar-refractivity contribution in [2.24, 2.45) is 5.84 Å². The van der Waals surface area contributed by atoms with Gasteiger partial charge in [-0.3, -0.25) is 11.3 Å².